The number of carbonyl (C=O) groups is 1. The second-order valence-electron chi connectivity index (χ2n) is 5.46. The van der Waals surface area contributed by atoms with Crippen molar-refractivity contribution in [3.63, 3.8) is 0 Å². The lowest BCUT2D eigenvalue weighted by Crippen LogP contribution is -2.27. The van der Waals surface area contributed by atoms with E-state index in [1.54, 1.807) is 38.5 Å². The number of carbonyl (C=O) groups excluding carboxylic acids is 1. The van der Waals surface area contributed by atoms with E-state index in [0.717, 1.165) is 5.56 Å². The molecule has 1 amide bonds. The van der Waals surface area contributed by atoms with Crippen molar-refractivity contribution < 1.29 is 14.3 Å². The van der Waals surface area contributed by atoms with Crippen LogP contribution in [0.5, 0.6) is 11.5 Å². The predicted octanol–water partition coefficient (Wildman–Crippen LogP) is 4.07. The standard InChI is InChI=1S/C17H17BrCl2N4O3/c1-24(2)15(25)9-27-16-12(18)4-10(5-14(16)26-3)7-22-23-17-13(20)6-11(19)8-21-17/h4-8H,9H2,1-3H3,(H,21,23)/b22-7+. The third-order valence-corrected chi connectivity index (χ3v) is 4.37. The highest BCUT2D eigenvalue weighted by atomic mass is 79.9. The number of benzene rings is 1. The second-order valence-corrected chi connectivity index (χ2v) is 7.16. The molecule has 0 bridgehead atoms. The smallest absolute Gasteiger partial charge is 0.259 e. The largest absolute Gasteiger partial charge is 0.493 e. The Morgan fingerprint density at radius 1 is 1.37 bits per heavy atom. The summed E-state index contributed by atoms with van der Waals surface area (Å²) in [4.78, 5) is 17.2. The summed E-state index contributed by atoms with van der Waals surface area (Å²) >= 11 is 15.3. The van der Waals surface area contributed by atoms with Gasteiger partial charge in [-0.25, -0.2) is 4.98 Å². The number of methoxy groups -OCH3 is 1. The van der Waals surface area contributed by atoms with Gasteiger partial charge >= 0.3 is 0 Å². The number of pyridine rings is 1. The molecule has 144 valence electrons. The second kappa shape index (κ2) is 9.77. The highest BCUT2D eigenvalue weighted by Gasteiger charge is 2.14. The summed E-state index contributed by atoms with van der Waals surface area (Å²) in [5, 5.41) is 4.89. The van der Waals surface area contributed by atoms with E-state index < -0.39 is 0 Å². The molecule has 0 radical (unpaired) electrons. The monoisotopic (exact) mass is 474 g/mol. The Balaban J connectivity index is 2.13. The van der Waals surface area contributed by atoms with E-state index in [-0.39, 0.29) is 12.5 Å². The molecular weight excluding hydrogens is 459 g/mol. The molecule has 2 rings (SSSR count). The Labute approximate surface area is 175 Å². The molecule has 27 heavy (non-hydrogen) atoms. The maximum absolute atomic E-state index is 11.7. The number of likely N-dealkylation sites (N-methyl/N-ethyl adjacent to an activating group) is 1. The highest BCUT2D eigenvalue weighted by Crippen LogP contribution is 2.36. The molecule has 0 atom stereocenters. The lowest BCUT2D eigenvalue weighted by Gasteiger charge is -2.15. The van der Waals surface area contributed by atoms with Gasteiger partial charge in [-0.05, 0) is 39.7 Å². The first kappa shape index (κ1) is 21.3. The van der Waals surface area contributed by atoms with Crippen LogP contribution in [0.4, 0.5) is 5.82 Å². The van der Waals surface area contributed by atoms with Gasteiger partial charge in [0.15, 0.2) is 23.9 Å². The van der Waals surface area contributed by atoms with Gasteiger partial charge in [0, 0.05) is 20.3 Å². The molecule has 1 aromatic carbocycles. The van der Waals surface area contributed by atoms with Crippen molar-refractivity contribution in [2.24, 2.45) is 5.10 Å². The van der Waals surface area contributed by atoms with Gasteiger partial charge in [0.1, 0.15) is 0 Å². The van der Waals surface area contributed by atoms with Crippen LogP contribution in [0.3, 0.4) is 0 Å². The first-order valence-electron chi connectivity index (χ1n) is 7.62. The number of aromatic nitrogens is 1. The number of halogens is 3. The predicted molar refractivity (Wildman–Crippen MR) is 110 cm³/mol. The number of hydrazone groups is 1. The van der Waals surface area contributed by atoms with Crippen LogP contribution in [0, 0.1) is 0 Å². The lowest BCUT2D eigenvalue weighted by atomic mass is 10.2. The molecule has 0 aliphatic rings. The maximum atomic E-state index is 11.7. The number of hydrogen-bond donors (Lipinski definition) is 1. The molecule has 0 spiro atoms. The summed E-state index contributed by atoms with van der Waals surface area (Å²) in [7, 11) is 4.83. The number of hydrogen-bond acceptors (Lipinski definition) is 6. The number of nitrogens with zero attached hydrogens (tertiary/aromatic N) is 3. The molecule has 0 aliphatic heterocycles. The van der Waals surface area contributed by atoms with Crippen molar-refractivity contribution in [2.75, 3.05) is 33.2 Å². The van der Waals surface area contributed by atoms with Crippen LogP contribution in [0.1, 0.15) is 5.56 Å². The molecule has 0 saturated carbocycles. The molecule has 1 aromatic heterocycles. The fourth-order valence-corrected chi connectivity index (χ4v) is 2.88. The van der Waals surface area contributed by atoms with E-state index in [4.69, 9.17) is 32.7 Å². The molecule has 0 saturated heterocycles. The third-order valence-electron chi connectivity index (χ3n) is 3.28. The summed E-state index contributed by atoms with van der Waals surface area (Å²) < 4.78 is 11.5. The SMILES string of the molecule is COc1cc(/C=N/Nc2ncc(Cl)cc2Cl)cc(Br)c1OCC(=O)N(C)C. The van der Waals surface area contributed by atoms with E-state index in [0.29, 0.717) is 31.8 Å². The molecule has 1 N–H and O–H groups in total. The van der Waals surface area contributed by atoms with E-state index in [9.17, 15) is 4.79 Å². The molecule has 0 fully saturated rings. The van der Waals surface area contributed by atoms with Gasteiger partial charge in [0.2, 0.25) is 0 Å². The van der Waals surface area contributed by atoms with Crippen molar-refractivity contribution in [1.29, 1.82) is 0 Å². The van der Waals surface area contributed by atoms with E-state index in [2.05, 4.69) is 31.4 Å². The van der Waals surface area contributed by atoms with Gasteiger partial charge in [-0.2, -0.15) is 5.10 Å². The van der Waals surface area contributed by atoms with Gasteiger partial charge in [-0.1, -0.05) is 23.2 Å². The van der Waals surface area contributed by atoms with Gasteiger partial charge in [-0.3, -0.25) is 10.2 Å². The van der Waals surface area contributed by atoms with Crippen LogP contribution in [0.25, 0.3) is 0 Å². The number of amides is 1. The molecule has 0 aliphatic carbocycles. The fraction of sp³-hybridized carbons (Fsp3) is 0.235. The van der Waals surface area contributed by atoms with Crippen LogP contribution < -0.4 is 14.9 Å². The molecule has 0 unspecified atom stereocenters. The van der Waals surface area contributed by atoms with Gasteiger partial charge in [-0.15, -0.1) is 0 Å². The summed E-state index contributed by atoms with van der Waals surface area (Å²) in [5.41, 5.74) is 3.47. The van der Waals surface area contributed by atoms with Crippen molar-refractivity contribution in [3.05, 3.63) is 44.5 Å². The zero-order chi connectivity index (χ0) is 20.0. The Hall–Kier alpha value is -2.03. The zero-order valence-electron chi connectivity index (χ0n) is 14.8. The summed E-state index contributed by atoms with van der Waals surface area (Å²) in [5.74, 6) is 1.11. The Morgan fingerprint density at radius 2 is 2.11 bits per heavy atom. The minimum Gasteiger partial charge on any atom is -0.493 e. The molecule has 10 heteroatoms. The normalized spacial score (nSPS) is 10.7. The number of anilines is 1. The van der Waals surface area contributed by atoms with Crippen molar-refractivity contribution >= 4 is 57.1 Å². The number of rotatable bonds is 7. The summed E-state index contributed by atoms with van der Waals surface area (Å²) in [6, 6.07) is 5.07. The highest BCUT2D eigenvalue weighted by molar-refractivity contribution is 9.10. The average Bonchev–Trinajstić information content (AvgIpc) is 2.61. The van der Waals surface area contributed by atoms with E-state index >= 15 is 0 Å². The van der Waals surface area contributed by atoms with Gasteiger partial charge in [0.25, 0.3) is 5.91 Å². The van der Waals surface area contributed by atoms with Gasteiger partial charge in [0.05, 0.1) is 27.8 Å². The fourth-order valence-electron chi connectivity index (χ4n) is 1.88. The summed E-state index contributed by atoms with van der Waals surface area (Å²) in [6.45, 7) is -0.0995. The third kappa shape index (κ3) is 5.98. The molecule has 1 heterocycles. The van der Waals surface area contributed by atoms with Crippen molar-refractivity contribution in [1.82, 2.24) is 9.88 Å². The Morgan fingerprint density at radius 3 is 2.74 bits per heavy atom. The topological polar surface area (TPSA) is 76.0 Å². The van der Waals surface area contributed by atoms with Crippen molar-refractivity contribution in [3.8, 4) is 11.5 Å². The molecular formula is C17H17BrCl2N4O3. The van der Waals surface area contributed by atoms with Crippen LogP contribution in [0.2, 0.25) is 10.0 Å². The first-order chi connectivity index (χ1) is 12.8. The van der Waals surface area contributed by atoms with Crippen LogP contribution in [-0.2, 0) is 4.79 Å². The number of nitrogens with one attached hydrogen (secondary N) is 1. The van der Waals surface area contributed by atoms with Crippen LogP contribution in [-0.4, -0.2) is 49.8 Å². The number of ether oxygens (including phenoxy) is 2. The first-order valence-corrected chi connectivity index (χ1v) is 9.17. The lowest BCUT2D eigenvalue weighted by molar-refractivity contribution is -0.130. The minimum absolute atomic E-state index is 0.0995. The zero-order valence-corrected chi connectivity index (χ0v) is 17.9. The van der Waals surface area contributed by atoms with Crippen LogP contribution in [0.15, 0.2) is 34.0 Å². The van der Waals surface area contributed by atoms with Crippen LogP contribution >= 0.6 is 39.1 Å². The summed E-state index contributed by atoms with van der Waals surface area (Å²) in [6.07, 6.45) is 3.03. The Kier molecular flexibility index (Phi) is 7.70. The van der Waals surface area contributed by atoms with Gasteiger partial charge < -0.3 is 14.4 Å². The average molecular weight is 476 g/mol. The quantitative estimate of drug-likeness (QED) is 0.482. The molecule has 7 nitrogen and oxygen atoms in total. The Bertz CT molecular complexity index is 862. The van der Waals surface area contributed by atoms with E-state index in [1.807, 2.05) is 0 Å². The van der Waals surface area contributed by atoms with E-state index in [1.165, 1.54) is 18.2 Å². The maximum Gasteiger partial charge on any atom is 0.259 e. The minimum atomic E-state index is -0.161. The molecule has 2 aromatic rings. The van der Waals surface area contributed by atoms with Crippen molar-refractivity contribution in [2.45, 2.75) is 0 Å².